The number of nitrogen functional groups attached to an aromatic ring is 1. The lowest BCUT2D eigenvalue weighted by atomic mass is 10.1. The summed E-state index contributed by atoms with van der Waals surface area (Å²) in [4.78, 5) is 13.0. The van der Waals surface area contributed by atoms with Gasteiger partial charge in [0.25, 0.3) is 5.56 Å². The van der Waals surface area contributed by atoms with Gasteiger partial charge in [-0.2, -0.15) is 0 Å². The van der Waals surface area contributed by atoms with E-state index in [0.717, 1.165) is 18.5 Å². The average Bonchev–Trinajstić information content (AvgIpc) is 3.09. The van der Waals surface area contributed by atoms with Crippen LogP contribution in [0.5, 0.6) is 0 Å². The number of nitrogens with two attached hydrogens (primary N) is 1. The summed E-state index contributed by atoms with van der Waals surface area (Å²) < 4.78 is 1.99. The van der Waals surface area contributed by atoms with E-state index in [1.807, 2.05) is 10.6 Å². The molecule has 0 spiro atoms. The zero-order valence-electron chi connectivity index (χ0n) is 12.4. The Hall–Kier alpha value is -1.69. The molecule has 21 heavy (non-hydrogen) atoms. The molecule has 1 saturated carbocycles. The summed E-state index contributed by atoms with van der Waals surface area (Å²) in [5, 5.41) is 8.84. The van der Waals surface area contributed by atoms with Gasteiger partial charge in [-0.1, -0.05) is 38.0 Å². The third-order valence-electron chi connectivity index (χ3n) is 4.10. The Bertz CT molecular complexity index is 698. The molecular formula is C15H20N4OS. The number of hydrogen-bond donors (Lipinski definition) is 1. The minimum atomic E-state index is 0.0456. The van der Waals surface area contributed by atoms with Crippen LogP contribution in [0.15, 0.2) is 16.9 Å². The predicted octanol–water partition coefficient (Wildman–Crippen LogP) is 3.19. The smallest absolute Gasteiger partial charge is 0.261 e. The summed E-state index contributed by atoms with van der Waals surface area (Å²) in [5.74, 6) is 0.326. The molecule has 0 bridgehead atoms. The monoisotopic (exact) mass is 304 g/mol. The Morgan fingerprint density at radius 3 is 2.57 bits per heavy atom. The lowest BCUT2D eigenvalue weighted by molar-refractivity contribution is 0.474. The molecule has 0 amide bonds. The van der Waals surface area contributed by atoms with Gasteiger partial charge >= 0.3 is 0 Å². The molecule has 0 aromatic carbocycles. The van der Waals surface area contributed by atoms with E-state index in [9.17, 15) is 4.79 Å². The van der Waals surface area contributed by atoms with Crippen molar-refractivity contribution in [1.82, 2.24) is 14.8 Å². The van der Waals surface area contributed by atoms with Gasteiger partial charge < -0.3 is 10.3 Å². The van der Waals surface area contributed by atoms with Crippen LogP contribution in [0.3, 0.4) is 0 Å². The molecule has 2 aromatic heterocycles. The minimum Gasteiger partial charge on any atom is -0.374 e. The first-order valence-electron chi connectivity index (χ1n) is 7.42. The molecule has 5 nitrogen and oxygen atoms in total. The van der Waals surface area contributed by atoms with Gasteiger partial charge in [-0.15, -0.1) is 10.2 Å². The third-order valence-corrected chi connectivity index (χ3v) is 4.89. The van der Waals surface area contributed by atoms with E-state index in [4.69, 9.17) is 5.73 Å². The molecule has 0 aliphatic heterocycles. The molecule has 2 aromatic rings. The summed E-state index contributed by atoms with van der Waals surface area (Å²) >= 11 is 1.26. The molecule has 1 fully saturated rings. The van der Waals surface area contributed by atoms with Crippen molar-refractivity contribution >= 4 is 16.5 Å². The van der Waals surface area contributed by atoms with Crippen molar-refractivity contribution in [1.29, 1.82) is 0 Å². The SMILES string of the molecule is CC(C)c1ccc(-c2nnc(N)s2)c(=O)n1C1CCCC1. The highest BCUT2D eigenvalue weighted by Gasteiger charge is 2.23. The molecule has 0 unspecified atom stereocenters. The quantitative estimate of drug-likeness (QED) is 0.945. The van der Waals surface area contributed by atoms with E-state index in [1.165, 1.54) is 24.2 Å². The molecule has 112 valence electrons. The second kappa shape index (κ2) is 5.60. The number of pyridine rings is 1. The molecule has 3 rings (SSSR count). The van der Waals surface area contributed by atoms with E-state index in [1.54, 1.807) is 0 Å². The van der Waals surface area contributed by atoms with E-state index < -0.39 is 0 Å². The van der Waals surface area contributed by atoms with Gasteiger partial charge in [0.2, 0.25) is 5.13 Å². The number of anilines is 1. The average molecular weight is 304 g/mol. The third kappa shape index (κ3) is 2.60. The minimum absolute atomic E-state index is 0.0456. The fourth-order valence-corrected chi connectivity index (χ4v) is 3.71. The van der Waals surface area contributed by atoms with Gasteiger partial charge in [-0.05, 0) is 30.9 Å². The topological polar surface area (TPSA) is 73.8 Å². The van der Waals surface area contributed by atoms with Crippen LogP contribution in [0.4, 0.5) is 5.13 Å². The summed E-state index contributed by atoms with van der Waals surface area (Å²) in [6.45, 7) is 4.26. The van der Waals surface area contributed by atoms with E-state index in [2.05, 4.69) is 30.1 Å². The molecule has 2 N–H and O–H groups in total. The van der Waals surface area contributed by atoms with Crippen molar-refractivity contribution < 1.29 is 0 Å². The van der Waals surface area contributed by atoms with Gasteiger partial charge in [-0.3, -0.25) is 4.79 Å². The molecular weight excluding hydrogens is 284 g/mol. The Balaban J connectivity index is 2.16. The largest absolute Gasteiger partial charge is 0.374 e. The highest BCUT2D eigenvalue weighted by Crippen LogP contribution is 2.32. The van der Waals surface area contributed by atoms with Crippen LogP contribution in [0.25, 0.3) is 10.6 Å². The Morgan fingerprint density at radius 2 is 2.00 bits per heavy atom. The summed E-state index contributed by atoms with van der Waals surface area (Å²) in [6.07, 6.45) is 4.57. The zero-order chi connectivity index (χ0) is 15.0. The van der Waals surface area contributed by atoms with Crippen molar-refractivity contribution in [2.75, 3.05) is 5.73 Å². The first-order chi connectivity index (χ1) is 10.1. The second-order valence-corrected chi connectivity index (χ2v) is 6.89. The Morgan fingerprint density at radius 1 is 1.29 bits per heavy atom. The summed E-state index contributed by atoms with van der Waals surface area (Å²) in [6, 6.07) is 4.24. The molecule has 0 radical (unpaired) electrons. The van der Waals surface area contributed by atoms with Crippen LogP contribution in [-0.2, 0) is 0 Å². The van der Waals surface area contributed by atoms with Crippen LogP contribution < -0.4 is 11.3 Å². The molecule has 1 aliphatic rings. The molecule has 2 heterocycles. The Kier molecular flexibility index (Phi) is 3.80. The lowest BCUT2D eigenvalue weighted by Gasteiger charge is -2.21. The maximum Gasteiger partial charge on any atom is 0.261 e. The summed E-state index contributed by atoms with van der Waals surface area (Å²) in [7, 11) is 0. The van der Waals surface area contributed by atoms with Crippen molar-refractivity contribution in [3.8, 4) is 10.6 Å². The lowest BCUT2D eigenvalue weighted by Crippen LogP contribution is -2.28. The predicted molar refractivity (Wildman–Crippen MR) is 85.6 cm³/mol. The standard InChI is InChI=1S/C15H20N4OS/c1-9(2)12-8-7-11(13-17-18-15(16)21-13)14(20)19(12)10-5-3-4-6-10/h7-10H,3-6H2,1-2H3,(H2,16,18). The molecule has 0 saturated heterocycles. The maximum absolute atomic E-state index is 13.0. The molecule has 0 atom stereocenters. The van der Waals surface area contributed by atoms with Crippen molar-refractivity contribution in [2.24, 2.45) is 0 Å². The molecule has 6 heteroatoms. The van der Waals surface area contributed by atoms with E-state index in [-0.39, 0.29) is 5.56 Å². The van der Waals surface area contributed by atoms with Crippen LogP contribution in [0, 0.1) is 0 Å². The number of rotatable bonds is 3. The van der Waals surface area contributed by atoms with Gasteiger partial charge in [0.15, 0.2) is 5.01 Å². The number of aromatic nitrogens is 3. The van der Waals surface area contributed by atoms with Crippen molar-refractivity contribution in [3.63, 3.8) is 0 Å². The highest BCUT2D eigenvalue weighted by molar-refractivity contribution is 7.18. The number of hydrogen-bond acceptors (Lipinski definition) is 5. The zero-order valence-corrected chi connectivity index (χ0v) is 13.2. The van der Waals surface area contributed by atoms with E-state index in [0.29, 0.717) is 27.7 Å². The van der Waals surface area contributed by atoms with Gasteiger partial charge in [0, 0.05) is 11.7 Å². The maximum atomic E-state index is 13.0. The molecule has 1 aliphatic carbocycles. The van der Waals surface area contributed by atoms with E-state index >= 15 is 0 Å². The van der Waals surface area contributed by atoms with Gasteiger partial charge in [0.1, 0.15) is 0 Å². The second-order valence-electron chi connectivity index (χ2n) is 5.89. The normalized spacial score (nSPS) is 16.0. The van der Waals surface area contributed by atoms with Crippen molar-refractivity contribution in [3.05, 3.63) is 28.2 Å². The van der Waals surface area contributed by atoms with Crippen LogP contribution >= 0.6 is 11.3 Å². The van der Waals surface area contributed by atoms with Gasteiger partial charge in [0.05, 0.1) is 5.56 Å². The Labute approximate surface area is 127 Å². The fraction of sp³-hybridized carbons (Fsp3) is 0.533. The van der Waals surface area contributed by atoms with Crippen LogP contribution in [-0.4, -0.2) is 14.8 Å². The number of nitrogens with zero attached hydrogens (tertiary/aromatic N) is 3. The van der Waals surface area contributed by atoms with Crippen LogP contribution in [0.1, 0.15) is 57.2 Å². The van der Waals surface area contributed by atoms with Gasteiger partial charge in [-0.25, -0.2) is 0 Å². The van der Waals surface area contributed by atoms with Crippen molar-refractivity contribution in [2.45, 2.75) is 51.5 Å². The highest BCUT2D eigenvalue weighted by atomic mass is 32.1. The van der Waals surface area contributed by atoms with Crippen LogP contribution in [0.2, 0.25) is 0 Å². The first-order valence-corrected chi connectivity index (χ1v) is 8.24. The fourth-order valence-electron chi connectivity index (χ4n) is 3.08. The summed E-state index contributed by atoms with van der Waals surface area (Å²) in [5.41, 5.74) is 7.40. The first kappa shape index (κ1) is 14.3.